The van der Waals surface area contributed by atoms with Crippen LogP contribution in [0.5, 0.6) is 0 Å². The molecule has 0 heterocycles. The van der Waals surface area contributed by atoms with Crippen molar-refractivity contribution in [3.63, 3.8) is 0 Å². The zero-order valence-electron chi connectivity index (χ0n) is 15.4. The Balaban J connectivity index is 2.96. The minimum absolute atomic E-state index is 0.0489. The summed E-state index contributed by atoms with van der Waals surface area (Å²) in [5.74, 6) is -3.40. The predicted molar refractivity (Wildman–Crippen MR) is 92.5 cm³/mol. The van der Waals surface area contributed by atoms with Gasteiger partial charge in [0.1, 0.15) is 0 Å². The number of hydrogen-bond donors (Lipinski definition) is 1. The van der Waals surface area contributed by atoms with Crippen LogP contribution in [-0.2, 0) is 23.9 Å². The first-order chi connectivity index (χ1) is 11.8. The molecule has 0 aromatic carbocycles. The van der Waals surface area contributed by atoms with Crippen LogP contribution in [0.3, 0.4) is 0 Å². The van der Waals surface area contributed by atoms with Gasteiger partial charge in [0.15, 0.2) is 5.92 Å². The summed E-state index contributed by atoms with van der Waals surface area (Å²) in [5.41, 5.74) is -0.0913. The Labute approximate surface area is 148 Å². The summed E-state index contributed by atoms with van der Waals surface area (Å²) in [6, 6.07) is 0. The van der Waals surface area contributed by atoms with E-state index in [0.29, 0.717) is 12.3 Å². The quantitative estimate of drug-likeness (QED) is 0.387. The topological polar surface area (TPSA) is 102 Å². The number of aliphatic carboxylic acids is 1. The maximum absolute atomic E-state index is 12.1. The Morgan fingerprint density at radius 3 is 2.00 bits per heavy atom. The molecule has 0 aliphatic heterocycles. The lowest BCUT2D eigenvalue weighted by molar-refractivity contribution is -0.158. The molecule has 1 aliphatic rings. The largest absolute Gasteiger partial charge is 0.481 e. The van der Waals surface area contributed by atoms with Crippen LogP contribution >= 0.6 is 0 Å². The van der Waals surface area contributed by atoms with E-state index in [-0.39, 0.29) is 19.6 Å². The van der Waals surface area contributed by atoms with Gasteiger partial charge in [-0.05, 0) is 33.6 Å². The Morgan fingerprint density at radius 1 is 1.04 bits per heavy atom. The molecule has 1 aliphatic carbocycles. The highest BCUT2D eigenvalue weighted by molar-refractivity contribution is 6.16. The van der Waals surface area contributed by atoms with Crippen molar-refractivity contribution in [3.8, 4) is 0 Å². The zero-order chi connectivity index (χ0) is 18.9. The maximum atomic E-state index is 12.1. The van der Waals surface area contributed by atoms with Crippen LogP contribution in [0.25, 0.3) is 0 Å². The van der Waals surface area contributed by atoms with Crippen molar-refractivity contribution in [1.82, 2.24) is 0 Å². The van der Waals surface area contributed by atoms with E-state index in [1.54, 1.807) is 20.8 Å². The molecule has 7 heteroatoms. The third-order valence-electron chi connectivity index (χ3n) is 4.57. The van der Waals surface area contributed by atoms with E-state index in [2.05, 4.69) is 4.99 Å². The summed E-state index contributed by atoms with van der Waals surface area (Å²) in [4.78, 5) is 39.9. The van der Waals surface area contributed by atoms with Crippen LogP contribution in [0.2, 0.25) is 0 Å². The number of aliphatic imine (C=N–C) groups is 1. The maximum Gasteiger partial charge on any atom is 0.326 e. The predicted octanol–water partition coefficient (Wildman–Crippen LogP) is 2.61. The first kappa shape index (κ1) is 21.1. The Bertz CT molecular complexity index is 490. The van der Waals surface area contributed by atoms with Crippen LogP contribution in [0.1, 0.15) is 59.3 Å². The van der Waals surface area contributed by atoms with Gasteiger partial charge in [-0.25, -0.2) is 0 Å². The SMILES string of the molecule is CCOC(=O)C(C(=O)OCC)C(C)=NCC1(CC(=O)O)CCCCC1. The number of nitrogens with zero attached hydrogens (tertiary/aromatic N) is 1. The number of carbonyl (C=O) groups excluding carboxylic acids is 2. The molecule has 0 radical (unpaired) electrons. The zero-order valence-corrected chi connectivity index (χ0v) is 15.4. The standard InChI is InChI=1S/C18H29NO6/c1-4-24-16(22)15(17(23)25-5-2)13(3)19-12-18(11-14(20)21)9-7-6-8-10-18/h15H,4-12H2,1-3H3,(H,20,21). The van der Waals surface area contributed by atoms with Gasteiger partial charge in [-0.2, -0.15) is 0 Å². The molecule has 0 spiro atoms. The molecule has 0 aromatic rings. The van der Waals surface area contributed by atoms with Gasteiger partial charge in [-0.1, -0.05) is 19.3 Å². The molecule has 25 heavy (non-hydrogen) atoms. The Morgan fingerprint density at radius 2 is 1.56 bits per heavy atom. The summed E-state index contributed by atoms with van der Waals surface area (Å²) < 4.78 is 9.92. The number of rotatable bonds is 9. The number of hydrogen-bond acceptors (Lipinski definition) is 6. The smallest absolute Gasteiger partial charge is 0.326 e. The molecule has 0 unspecified atom stereocenters. The summed E-state index contributed by atoms with van der Waals surface area (Å²) in [5, 5.41) is 9.23. The lowest BCUT2D eigenvalue weighted by atomic mass is 9.72. The van der Waals surface area contributed by atoms with Gasteiger partial charge in [0.2, 0.25) is 0 Å². The van der Waals surface area contributed by atoms with Gasteiger partial charge in [-0.15, -0.1) is 0 Å². The fourth-order valence-electron chi connectivity index (χ4n) is 3.29. The molecule has 0 bridgehead atoms. The third kappa shape index (κ3) is 6.48. The van der Waals surface area contributed by atoms with Crippen LogP contribution in [0.15, 0.2) is 4.99 Å². The lowest BCUT2D eigenvalue weighted by Crippen LogP contribution is -2.35. The number of ether oxygens (including phenoxy) is 2. The van der Waals surface area contributed by atoms with Gasteiger partial charge in [0.25, 0.3) is 0 Å². The van der Waals surface area contributed by atoms with Crippen molar-refractivity contribution in [1.29, 1.82) is 0 Å². The van der Waals surface area contributed by atoms with Gasteiger partial charge in [-0.3, -0.25) is 19.4 Å². The average molecular weight is 355 g/mol. The van der Waals surface area contributed by atoms with Crippen molar-refractivity contribution in [2.45, 2.75) is 59.3 Å². The second-order valence-corrected chi connectivity index (χ2v) is 6.53. The molecule has 1 N–H and O–H groups in total. The number of carbonyl (C=O) groups is 3. The molecule has 1 rings (SSSR count). The van der Waals surface area contributed by atoms with Gasteiger partial charge < -0.3 is 14.6 Å². The molecule has 0 atom stereocenters. The normalized spacial score (nSPS) is 17.2. The molecular weight excluding hydrogens is 326 g/mol. The van der Waals surface area contributed by atoms with E-state index < -0.39 is 29.2 Å². The molecule has 0 saturated heterocycles. The van der Waals surface area contributed by atoms with Crippen LogP contribution < -0.4 is 0 Å². The van der Waals surface area contributed by atoms with E-state index in [0.717, 1.165) is 32.1 Å². The summed E-state index contributed by atoms with van der Waals surface area (Å²) >= 11 is 0. The second-order valence-electron chi connectivity index (χ2n) is 6.53. The van der Waals surface area contributed by atoms with Crippen molar-refractivity contribution in [2.75, 3.05) is 19.8 Å². The highest BCUT2D eigenvalue weighted by Gasteiger charge is 2.36. The Kier molecular flexibility index (Phi) is 8.58. The molecular formula is C18H29NO6. The van der Waals surface area contributed by atoms with Crippen molar-refractivity contribution < 1.29 is 29.0 Å². The average Bonchev–Trinajstić information content (AvgIpc) is 2.54. The molecule has 0 aromatic heterocycles. The summed E-state index contributed by atoms with van der Waals surface area (Å²) in [7, 11) is 0. The number of carboxylic acid groups (broad SMARTS) is 1. The second kappa shape index (κ2) is 10.2. The lowest BCUT2D eigenvalue weighted by Gasteiger charge is -2.35. The monoisotopic (exact) mass is 355 g/mol. The van der Waals surface area contributed by atoms with Crippen LogP contribution in [0.4, 0.5) is 0 Å². The van der Waals surface area contributed by atoms with Crippen LogP contribution in [-0.4, -0.2) is 48.5 Å². The first-order valence-electron chi connectivity index (χ1n) is 8.91. The van der Waals surface area contributed by atoms with E-state index in [4.69, 9.17) is 9.47 Å². The fourth-order valence-corrected chi connectivity index (χ4v) is 3.29. The number of esters is 2. The Hall–Kier alpha value is -1.92. The molecule has 142 valence electrons. The number of carboxylic acids is 1. The minimum atomic E-state index is -1.19. The van der Waals surface area contributed by atoms with Crippen molar-refractivity contribution in [3.05, 3.63) is 0 Å². The molecule has 0 amide bonds. The first-order valence-corrected chi connectivity index (χ1v) is 8.91. The summed E-state index contributed by atoms with van der Waals surface area (Å²) in [6.45, 7) is 5.53. The molecule has 1 saturated carbocycles. The fraction of sp³-hybridized carbons (Fsp3) is 0.778. The van der Waals surface area contributed by atoms with Gasteiger partial charge in [0, 0.05) is 17.7 Å². The van der Waals surface area contributed by atoms with E-state index in [1.807, 2.05) is 0 Å². The van der Waals surface area contributed by atoms with E-state index >= 15 is 0 Å². The van der Waals surface area contributed by atoms with E-state index in [9.17, 15) is 19.5 Å². The van der Waals surface area contributed by atoms with Crippen molar-refractivity contribution in [2.24, 2.45) is 16.3 Å². The molecule has 7 nitrogen and oxygen atoms in total. The third-order valence-corrected chi connectivity index (χ3v) is 4.57. The highest BCUT2D eigenvalue weighted by Crippen LogP contribution is 2.39. The highest BCUT2D eigenvalue weighted by atomic mass is 16.6. The van der Waals surface area contributed by atoms with Gasteiger partial charge >= 0.3 is 17.9 Å². The van der Waals surface area contributed by atoms with Gasteiger partial charge in [0.05, 0.1) is 19.6 Å². The van der Waals surface area contributed by atoms with E-state index in [1.165, 1.54) is 0 Å². The minimum Gasteiger partial charge on any atom is -0.481 e. The van der Waals surface area contributed by atoms with Crippen LogP contribution in [0, 0.1) is 11.3 Å². The summed E-state index contributed by atoms with van der Waals surface area (Å²) in [6.07, 6.45) is 4.67. The molecule has 1 fully saturated rings. The van der Waals surface area contributed by atoms with Crippen molar-refractivity contribution >= 4 is 23.6 Å².